The molecule has 1 N–H and O–H groups in total. The second kappa shape index (κ2) is 6.05. The minimum Gasteiger partial charge on any atom is -0.495 e. The minimum absolute atomic E-state index is 0.295. The number of hydrogen-bond donors (Lipinski definition) is 1. The number of aryl methyl sites for hydroxylation is 1. The summed E-state index contributed by atoms with van der Waals surface area (Å²) in [5, 5.41) is 3.58. The van der Waals surface area contributed by atoms with E-state index in [9.17, 15) is 9.59 Å². The predicted octanol–water partition coefficient (Wildman–Crippen LogP) is 1.36. The topological polar surface area (TPSA) is 65.3 Å². The van der Waals surface area contributed by atoms with Gasteiger partial charge in [-0.25, -0.2) is 4.79 Å². The zero-order chi connectivity index (χ0) is 15.6. The molecule has 6 nitrogen and oxygen atoms in total. The first kappa shape index (κ1) is 15.2. The second-order valence-electron chi connectivity index (χ2n) is 4.61. The van der Waals surface area contributed by atoms with Crippen LogP contribution in [0.1, 0.15) is 5.56 Å². The molecule has 0 aliphatic rings. The van der Waals surface area contributed by atoms with Crippen LogP contribution in [0, 0.1) is 0 Å². The van der Waals surface area contributed by atoms with Crippen molar-refractivity contribution in [2.24, 2.45) is 14.1 Å². The number of benzene rings is 1. The van der Waals surface area contributed by atoms with Gasteiger partial charge in [-0.05, 0) is 18.2 Å². The van der Waals surface area contributed by atoms with E-state index < -0.39 is 0 Å². The molecule has 21 heavy (non-hydrogen) atoms. The van der Waals surface area contributed by atoms with Gasteiger partial charge in [0.05, 0.1) is 17.7 Å². The highest BCUT2D eigenvalue weighted by Crippen LogP contribution is 2.27. The Kier molecular flexibility index (Phi) is 4.37. The molecule has 0 bridgehead atoms. The summed E-state index contributed by atoms with van der Waals surface area (Å²) in [4.78, 5) is 23.6. The summed E-state index contributed by atoms with van der Waals surface area (Å²) in [5.41, 5.74) is 0.588. The Labute approximate surface area is 126 Å². The van der Waals surface area contributed by atoms with E-state index in [-0.39, 0.29) is 11.2 Å². The fraction of sp³-hybridized carbons (Fsp3) is 0.286. The summed E-state index contributed by atoms with van der Waals surface area (Å²) in [6.07, 6.45) is 1.53. The molecule has 0 aliphatic carbocycles. The van der Waals surface area contributed by atoms with Crippen LogP contribution in [0.25, 0.3) is 0 Å². The first-order valence-electron chi connectivity index (χ1n) is 6.27. The minimum atomic E-state index is -0.351. The third-order valence-electron chi connectivity index (χ3n) is 3.15. The average Bonchev–Trinajstić information content (AvgIpc) is 2.47. The lowest BCUT2D eigenvalue weighted by Gasteiger charge is -2.10. The maximum Gasteiger partial charge on any atom is 0.330 e. The Hall–Kier alpha value is -2.21. The van der Waals surface area contributed by atoms with Gasteiger partial charge in [0, 0.05) is 32.5 Å². The van der Waals surface area contributed by atoms with Gasteiger partial charge >= 0.3 is 5.69 Å². The molecule has 2 aromatic rings. The van der Waals surface area contributed by atoms with Crippen molar-refractivity contribution in [1.82, 2.24) is 9.13 Å². The highest BCUT2D eigenvalue weighted by Gasteiger charge is 2.07. The molecule has 0 radical (unpaired) electrons. The quantitative estimate of drug-likeness (QED) is 0.926. The first-order chi connectivity index (χ1) is 9.93. The van der Waals surface area contributed by atoms with Gasteiger partial charge in [0.25, 0.3) is 5.56 Å². The molecule has 1 heterocycles. The molecule has 2 rings (SSSR count). The van der Waals surface area contributed by atoms with Gasteiger partial charge in [-0.3, -0.25) is 9.36 Å². The number of anilines is 1. The van der Waals surface area contributed by atoms with Gasteiger partial charge in [0.15, 0.2) is 0 Å². The average molecular weight is 310 g/mol. The predicted molar refractivity (Wildman–Crippen MR) is 82.3 cm³/mol. The summed E-state index contributed by atoms with van der Waals surface area (Å²) < 4.78 is 7.53. The number of methoxy groups -OCH3 is 1. The van der Waals surface area contributed by atoms with Crippen molar-refractivity contribution in [2.45, 2.75) is 6.54 Å². The Morgan fingerprint density at radius 1 is 1.29 bits per heavy atom. The van der Waals surface area contributed by atoms with Crippen LogP contribution in [-0.4, -0.2) is 16.2 Å². The number of rotatable bonds is 4. The molecule has 0 amide bonds. The smallest absolute Gasteiger partial charge is 0.330 e. The van der Waals surface area contributed by atoms with Crippen molar-refractivity contribution in [3.63, 3.8) is 0 Å². The van der Waals surface area contributed by atoms with Gasteiger partial charge < -0.3 is 14.6 Å². The zero-order valence-electron chi connectivity index (χ0n) is 12.0. The van der Waals surface area contributed by atoms with E-state index in [0.717, 1.165) is 10.3 Å². The molecule has 0 spiro atoms. The Balaban J connectivity index is 2.23. The van der Waals surface area contributed by atoms with Gasteiger partial charge in [0.1, 0.15) is 5.75 Å². The summed E-state index contributed by atoms with van der Waals surface area (Å²) in [6.45, 7) is 0.295. The fourth-order valence-electron chi connectivity index (χ4n) is 1.98. The standard InChI is InChI=1S/C14H16ClN3O3/c1-17-8-9(13(19)18(2)14(17)20)7-16-10-4-5-12(21-3)11(15)6-10/h4-6,8,16H,7H2,1-3H3. The van der Waals surface area contributed by atoms with Crippen molar-refractivity contribution in [3.8, 4) is 5.75 Å². The number of halogens is 1. The molecular formula is C14H16ClN3O3. The molecule has 112 valence electrons. The molecule has 1 aromatic heterocycles. The zero-order valence-corrected chi connectivity index (χ0v) is 12.8. The molecule has 0 saturated carbocycles. The second-order valence-corrected chi connectivity index (χ2v) is 5.02. The van der Waals surface area contributed by atoms with E-state index in [4.69, 9.17) is 16.3 Å². The highest BCUT2D eigenvalue weighted by molar-refractivity contribution is 6.32. The van der Waals surface area contributed by atoms with Crippen LogP contribution >= 0.6 is 11.6 Å². The third kappa shape index (κ3) is 3.11. The molecule has 0 fully saturated rings. The van der Waals surface area contributed by atoms with E-state index in [1.54, 1.807) is 32.4 Å². The number of hydrogen-bond acceptors (Lipinski definition) is 4. The van der Waals surface area contributed by atoms with Crippen LogP contribution in [0.15, 0.2) is 34.0 Å². The van der Waals surface area contributed by atoms with E-state index >= 15 is 0 Å². The van der Waals surface area contributed by atoms with E-state index in [0.29, 0.717) is 22.9 Å². The van der Waals surface area contributed by atoms with E-state index in [1.165, 1.54) is 17.8 Å². The van der Waals surface area contributed by atoms with Crippen LogP contribution in [-0.2, 0) is 20.6 Å². The van der Waals surface area contributed by atoms with Crippen LogP contribution in [0.4, 0.5) is 5.69 Å². The van der Waals surface area contributed by atoms with Crippen molar-refractivity contribution < 1.29 is 4.74 Å². The van der Waals surface area contributed by atoms with Crippen LogP contribution in [0.5, 0.6) is 5.75 Å². The monoisotopic (exact) mass is 309 g/mol. The molecule has 1 aromatic carbocycles. The maximum atomic E-state index is 12.0. The molecule has 0 unspecified atom stereocenters. The molecule has 0 saturated heterocycles. The number of nitrogens with zero attached hydrogens (tertiary/aromatic N) is 2. The van der Waals surface area contributed by atoms with Crippen LogP contribution in [0.3, 0.4) is 0 Å². The summed E-state index contributed by atoms with van der Waals surface area (Å²) in [5.74, 6) is 0.584. The Morgan fingerprint density at radius 2 is 2.00 bits per heavy atom. The normalized spacial score (nSPS) is 10.5. The SMILES string of the molecule is COc1ccc(NCc2cn(C)c(=O)n(C)c2=O)cc1Cl. The van der Waals surface area contributed by atoms with Gasteiger partial charge in [-0.2, -0.15) is 0 Å². The van der Waals surface area contributed by atoms with Gasteiger partial charge in [0.2, 0.25) is 0 Å². The highest BCUT2D eigenvalue weighted by atomic mass is 35.5. The van der Waals surface area contributed by atoms with Crippen molar-refractivity contribution in [2.75, 3.05) is 12.4 Å². The molecular weight excluding hydrogens is 294 g/mol. The largest absolute Gasteiger partial charge is 0.495 e. The van der Waals surface area contributed by atoms with Crippen molar-refractivity contribution in [1.29, 1.82) is 0 Å². The Bertz CT molecular complexity index is 780. The Morgan fingerprint density at radius 3 is 2.62 bits per heavy atom. The summed E-state index contributed by atoms with van der Waals surface area (Å²) >= 11 is 6.04. The number of aromatic nitrogens is 2. The van der Waals surface area contributed by atoms with E-state index in [1.807, 2.05) is 0 Å². The van der Waals surface area contributed by atoms with Gasteiger partial charge in [-0.1, -0.05) is 11.6 Å². The summed E-state index contributed by atoms with van der Waals surface area (Å²) in [6, 6.07) is 5.26. The molecule has 0 aliphatic heterocycles. The van der Waals surface area contributed by atoms with Crippen molar-refractivity contribution in [3.05, 3.63) is 55.8 Å². The lowest BCUT2D eigenvalue weighted by atomic mass is 10.2. The first-order valence-corrected chi connectivity index (χ1v) is 6.64. The lowest BCUT2D eigenvalue weighted by molar-refractivity contribution is 0.415. The van der Waals surface area contributed by atoms with Crippen molar-refractivity contribution >= 4 is 17.3 Å². The lowest BCUT2D eigenvalue weighted by Crippen LogP contribution is -2.38. The van der Waals surface area contributed by atoms with E-state index in [2.05, 4.69) is 5.32 Å². The van der Waals surface area contributed by atoms with Gasteiger partial charge in [-0.15, -0.1) is 0 Å². The third-order valence-corrected chi connectivity index (χ3v) is 3.45. The maximum absolute atomic E-state index is 12.0. The number of ether oxygens (including phenoxy) is 1. The molecule has 0 atom stereocenters. The molecule has 7 heteroatoms. The fourth-order valence-corrected chi connectivity index (χ4v) is 2.24. The number of nitrogens with one attached hydrogen (secondary N) is 1. The van der Waals surface area contributed by atoms with Crippen LogP contribution in [0.2, 0.25) is 5.02 Å². The summed E-state index contributed by atoms with van der Waals surface area (Å²) in [7, 11) is 4.61. The van der Waals surface area contributed by atoms with Crippen LogP contribution < -0.4 is 21.3 Å².